The Morgan fingerprint density at radius 2 is 1.96 bits per heavy atom. The monoisotopic (exact) mass is 355 g/mol. The van der Waals surface area contributed by atoms with Gasteiger partial charge in [0.25, 0.3) is 5.91 Å². The van der Waals surface area contributed by atoms with E-state index in [1.807, 2.05) is 39.0 Å². The summed E-state index contributed by atoms with van der Waals surface area (Å²) < 4.78 is 2.18. The highest BCUT2D eigenvalue weighted by Crippen LogP contribution is 2.24. The van der Waals surface area contributed by atoms with E-state index in [0.717, 1.165) is 22.5 Å². The van der Waals surface area contributed by atoms with E-state index < -0.39 is 5.91 Å². The van der Waals surface area contributed by atoms with Crippen molar-refractivity contribution < 1.29 is 4.79 Å². The van der Waals surface area contributed by atoms with Gasteiger partial charge in [-0.3, -0.25) is 4.79 Å². The number of anilines is 1. The SMILES string of the molecule is Cc1ccc(Cl)cc1NC(=O)/C(C#N)=C/c1cc(C)n(C(C)C)c1C. The summed E-state index contributed by atoms with van der Waals surface area (Å²) in [6.45, 7) is 10.1. The van der Waals surface area contributed by atoms with Crippen LogP contribution in [0.25, 0.3) is 6.08 Å². The Morgan fingerprint density at radius 3 is 2.52 bits per heavy atom. The molecule has 1 amide bonds. The number of halogens is 1. The molecule has 5 heteroatoms. The number of benzene rings is 1. The van der Waals surface area contributed by atoms with Gasteiger partial charge in [0.1, 0.15) is 11.6 Å². The third-order valence-corrected chi connectivity index (χ3v) is 4.39. The zero-order valence-electron chi connectivity index (χ0n) is 15.1. The van der Waals surface area contributed by atoms with E-state index in [4.69, 9.17) is 11.6 Å². The Kier molecular flexibility index (Phi) is 5.71. The van der Waals surface area contributed by atoms with Crippen LogP contribution in [0.3, 0.4) is 0 Å². The minimum atomic E-state index is -0.442. The van der Waals surface area contributed by atoms with Crippen LogP contribution in [-0.2, 0) is 4.79 Å². The van der Waals surface area contributed by atoms with Gasteiger partial charge in [0, 0.05) is 28.1 Å². The number of carbonyl (C=O) groups is 1. The molecule has 0 aliphatic carbocycles. The van der Waals surface area contributed by atoms with E-state index in [2.05, 4.69) is 23.7 Å². The number of aromatic nitrogens is 1. The first kappa shape index (κ1) is 18.8. The minimum absolute atomic E-state index is 0.0587. The molecule has 0 atom stereocenters. The smallest absolute Gasteiger partial charge is 0.266 e. The summed E-state index contributed by atoms with van der Waals surface area (Å²) in [5.74, 6) is -0.442. The molecule has 0 bridgehead atoms. The maximum absolute atomic E-state index is 12.5. The van der Waals surface area contributed by atoms with E-state index in [1.54, 1.807) is 18.2 Å². The molecule has 2 aromatic rings. The summed E-state index contributed by atoms with van der Waals surface area (Å²) >= 11 is 5.98. The average molecular weight is 356 g/mol. The van der Waals surface area contributed by atoms with E-state index >= 15 is 0 Å². The second kappa shape index (κ2) is 7.58. The molecule has 0 saturated carbocycles. The summed E-state index contributed by atoms with van der Waals surface area (Å²) in [5.41, 5.74) is 4.55. The fourth-order valence-electron chi connectivity index (χ4n) is 2.97. The Hall–Kier alpha value is -2.51. The number of amides is 1. The van der Waals surface area contributed by atoms with Crippen LogP contribution in [0.1, 0.15) is 42.4 Å². The molecule has 1 aromatic heterocycles. The maximum Gasteiger partial charge on any atom is 0.266 e. The van der Waals surface area contributed by atoms with Crippen molar-refractivity contribution in [2.75, 3.05) is 5.32 Å². The number of nitrogens with zero attached hydrogens (tertiary/aromatic N) is 2. The normalized spacial score (nSPS) is 11.5. The molecule has 0 saturated heterocycles. The molecule has 2 rings (SSSR count). The lowest BCUT2D eigenvalue weighted by Gasteiger charge is -2.13. The first-order valence-electron chi connectivity index (χ1n) is 8.12. The van der Waals surface area contributed by atoms with Crippen LogP contribution >= 0.6 is 11.6 Å². The van der Waals surface area contributed by atoms with Crippen LogP contribution < -0.4 is 5.32 Å². The van der Waals surface area contributed by atoms with E-state index in [1.165, 1.54) is 0 Å². The van der Waals surface area contributed by atoms with Crippen LogP contribution in [0.5, 0.6) is 0 Å². The van der Waals surface area contributed by atoms with Crippen molar-refractivity contribution in [3.05, 3.63) is 57.4 Å². The van der Waals surface area contributed by atoms with E-state index in [9.17, 15) is 10.1 Å². The Bertz CT molecular complexity index is 885. The van der Waals surface area contributed by atoms with Crippen molar-refractivity contribution in [3.8, 4) is 6.07 Å². The lowest BCUT2D eigenvalue weighted by atomic mass is 10.1. The van der Waals surface area contributed by atoms with Crippen LogP contribution in [0.4, 0.5) is 5.69 Å². The second-order valence-corrected chi connectivity index (χ2v) is 6.81. The van der Waals surface area contributed by atoms with Gasteiger partial charge in [-0.05, 0) is 70.0 Å². The maximum atomic E-state index is 12.5. The molecule has 4 nitrogen and oxygen atoms in total. The number of nitriles is 1. The zero-order chi connectivity index (χ0) is 18.7. The number of hydrogen-bond acceptors (Lipinski definition) is 2. The molecule has 25 heavy (non-hydrogen) atoms. The number of carbonyl (C=O) groups excluding carboxylic acids is 1. The Labute approximate surface area is 153 Å². The standard InChI is InChI=1S/C20H22ClN3O/c1-12(2)24-14(4)8-16(15(24)5)9-17(11-22)20(25)23-19-10-18(21)7-6-13(19)3/h6-10,12H,1-5H3,(H,23,25)/b17-9+. The highest BCUT2D eigenvalue weighted by molar-refractivity contribution is 6.31. The largest absolute Gasteiger partial charge is 0.346 e. The fraction of sp³-hybridized carbons (Fsp3) is 0.300. The van der Waals surface area contributed by atoms with Gasteiger partial charge in [0.2, 0.25) is 0 Å². The third kappa shape index (κ3) is 4.12. The summed E-state index contributed by atoms with van der Waals surface area (Å²) in [7, 11) is 0. The average Bonchev–Trinajstić information content (AvgIpc) is 2.82. The molecule has 0 aliphatic heterocycles. The predicted molar refractivity (Wildman–Crippen MR) is 103 cm³/mol. The van der Waals surface area contributed by atoms with Gasteiger partial charge in [-0.15, -0.1) is 0 Å². The predicted octanol–water partition coefficient (Wildman–Crippen LogP) is 5.19. The number of aryl methyl sites for hydroxylation is 2. The van der Waals surface area contributed by atoms with Gasteiger partial charge in [-0.1, -0.05) is 17.7 Å². The zero-order valence-corrected chi connectivity index (χ0v) is 15.9. The van der Waals surface area contributed by atoms with Gasteiger partial charge in [-0.25, -0.2) is 0 Å². The molecule has 0 radical (unpaired) electrons. The van der Waals surface area contributed by atoms with Crippen LogP contribution in [0.2, 0.25) is 5.02 Å². The molecular weight excluding hydrogens is 334 g/mol. The van der Waals surface area contributed by atoms with Gasteiger partial charge in [0.15, 0.2) is 0 Å². The van der Waals surface area contributed by atoms with Crippen molar-refractivity contribution >= 4 is 29.3 Å². The topological polar surface area (TPSA) is 57.8 Å². The molecule has 1 heterocycles. The molecule has 130 valence electrons. The summed E-state index contributed by atoms with van der Waals surface area (Å²) in [6.07, 6.45) is 1.64. The number of hydrogen-bond donors (Lipinski definition) is 1. The van der Waals surface area contributed by atoms with E-state index in [-0.39, 0.29) is 5.57 Å². The summed E-state index contributed by atoms with van der Waals surface area (Å²) in [4.78, 5) is 12.5. The minimum Gasteiger partial charge on any atom is -0.346 e. The van der Waals surface area contributed by atoms with Crippen LogP contribution in [-0.4, -0.2) is 10.5 Å². The van der Waals surface area contributed by atoms with Gasteiger partial charge in [-0.2, -0.15) is 5.26 Å². The van der Waals surface area contributed by atoms with Gasteiger partial charge >= 0.3 is 0 Å². The highest BCUT2D eigenvalue weighted by Gasteiger charge is 2.15. The first-order valence-corrected chi connectivity index (χ1v) is 8.50. The fourth-order valence-corrected chi connectivity index (χ4v) is 3.14. The summed E-state index contributed by atoms with van der Waals surface area (Å²) in [6, 6.07) is 9.56. The lowest BCUT2D eigenvalue weighted by Crippen LogP contribution is -2.14. The molecule has 1 N–H and O–H groups in total. The molecule has 0 aliphatic rings. The number of rotatable bonds is 4. The highest BCUT2D eigenvalue weighted by atomic mass is 35.5. The second-order valence-electron chi connectivity index (χ2n) is 6.37. The molecular formula is C20H22ClN3O. The Balaban J connectivity index is 2.35. The van der Waals surface area contributed by atoms with Crippen LogP contribution in [0, 0.1) is 32.1 Å². The number of nitrogens with one attached hydrogen (secondary N) is 1. The van der Waals surface area contributed by atoms with Crippen molar-refractivity contribution in [2.24, 2.45) is 0 Å². The van der Waals surface area contributed by atoms with Crippen molar-refractivity contribution in [1.82, 2.24) is 4.57 Å². The third-order valence-electron chi connectivity index (χ3n) is 4.15. The molecule has 0 spiro atoms. The van der Waals surface area contributed by atoms with Crippen molar-refractivity contribution in [3.63, 3.8) is 0 Å². The quantitative estimate of drug-likeness (QED) is 0.605. The molecule has 0 unspecified atom stereocenters. The van der Waals surface area contributed by atoms with Crippen LogP contribution in [0.15, 0.2) is 29.8 Å². The van der Waals surface area contributed by atoms with Gasteiger partial charge < -0.3 is 9.88 Å². The molecule has 0 fully saturated rings. The Morgan fingerprint density at radius 1 is 1.28 bits per heavy atom. The van der Waals surface area contributed by atoms with Crippen molar-refractivity contribution in [2.45, 2.75) is 40.7 Å². The summed E-state index contributed by atoms with van der Waals surface area (Å²) in [5, 5.41) is 12.7. The first-order chi connectivity index (χ1) is 11.7. The van der Waals surface area contributed by atoms with E-state index in [0.29, 0.717) is 16.8 Å². The molecule has 1 aromatic carbocycles. The lowest BCUT2D eigenvalue weighted by molar-refractivity contribution is -0.112. The van der Waals surface area contributed by atoms with Crippen molar-refractivity contribution in [1.29, 1.82) is 5.26 Å². The van der Waals surface area contributed by atoms with Gasteiger partial charge in [0.05, 0.1) is 0 Å².